The molecule has 4 saturated carbocycles. The maximum absolute atomic E-state index is 11.6. The highest BCUT2D eigenvalue weighted by atomic mass is 16.3. The van der Waals surface area contributed by atoms with Crippen molar-refractivity contribution in [2.24, 2.45) is 46.3 Å². The highest BCUT2D eigenvalue weighted by molar-refractivity contribution is 5.17. The lowest BCUT2D eigenvalue weighted by atomic mass is 9.42. The monoisotopic (exact) mass is 462 g/mol. The van der Waals surface area contributed by atoms with Crippen molar-refractivity contribution in [2.45, 2.75) is 122 Å². The molecule has 4 aliphatic rings. The molecule has 0 heterocycles. The normalized spacial score (nSPS) is 50.1. The van der Waals surface area contributed by atoms with E-state index in [1.165, 1.54) is 19.3 Å². The fourth-order valence-electron chi connectivity index (χ4n) is 9.52. The van der Waals surface area contributed by atoms with Gasteiger partial charge in [0.1, 0.15) is 0 Å². The van der Waals surface area contributed by atoms with Gasteiger partial charge in [-0.1, -0.05) is 40.7 Å². The van der Waals surface area contributed by atoms with Gasteiger partial charge in [-0.05, 0) is 98.7 Å². The molecule has 0 radical (unpaired) electrons. The van der Waals surface area contributed by atoms with Crippen LogP contribution in [-0.4, -0.2) is 43.8 Å². The highest BCUT2D eigenvalue weighted by Crippen LogP contribution is 2.69. The Hall–Kier alpha value is -0.420. The molecule has 0 spiro atoms. The molecule has 0 saturated heterocycles. The summed E-state index contributed by atoms with van der Waals surface area (Å²) < 4.78 is 0. The van der Waals surface area contributed by atoms with Crippen molar-refractivity contribution in [1.29, 1.82) is 0 Å². The quantitative estimate of drug-likeness (QED) is 0.415. The van der Waals surface area contributed by atoms with Crippen LogP contribution in [0, 0.1) is 46.3 Å². The molecule has 33 heavy (non-hydrogen) atoms. The Balaban J connectivity index is 1.52. The molecule has 0 aromatic rings. The molecule has 0 aliphatic heterocycles. The van der Waals surface area contributed by atoms with Crippen LogP contribution >= 0.6 is 0 Å². The van der Waals surface area contributed by atoms with Crippen LogP contribution in [-0.2, 0) is 0 Å². The maximum atomic E-state index is 11.6. The molecule has 4 heteroatoms. The lowest BCUT2D eigenvalue weighted by Gasteiger charge is -2.65. The first-order valence-corrected chi connectivity index (χ1v) is 13.8. The van der Waals surface area contributed by atoms with Gasteiger partial charge in [-0.3, -0.25) is 0 Å². The first-order chi connectivity index (χ1) is 15.3. The average Bonchev–Trinajstić information content (AvgIpc) is 3.11. The molecular weight excluding hydrogens is 412 g/mol. The van der Waals surface area contributed by atoms with Gasteiger partial charge in [-0.25, -0.2) is 0 Å². The van der Waals surface area contributed by atoms with E-state index in [1.54, 1.807) is 6.08 Å². The van der Waals surface area contributed by atoms with Gasteiger partial charge in [0.05, 0.1) is 23.4 Å². The predicted octanol–water partition coefficient (Wildman–Crippen LogP) is 5.08. The molecule has 4 fully saturated rings. The lowest BCUT2D eigenvalue weighted by Crippen LogP contribution is -2.68. The van der Waals surface area contributed by atoms with Crippen molar-refractivity contribution in [3.63, 3.8) is 0 Å². The second kappa shape index (κ2) is 8.61. The zero-order valence-corrected chi connectivity index (χ0v) is 21.8. The Morgan fingerprint density at radius 3 is 2.36 bits per heavy atom. The van der Waals surface area contributed by atoms with Gasteiger partial charge >= 0.3 is 0 Å². The van der Waals surface area contributed by atoms with Crippen LogP contribution in [0.3, 0.4) is 0 Å². The van der Waals surface area contributed by atoms with Gasteiger partial charge < -0.3 is 20.4 Å². The number of hydrogen-bond donors (Lipinski definition) is 4. The van der Waals surface area contributed by atoms with E-state index in [0.29, 0.717) is 42.4 Å². The third kappa shape index (κ3) is 3.77. The van der Waals surface area contributed by atoms with Crippen LogP contribution in [0.1, 0.15) is 98.8 Å². The minimum atomic E-state index is -1.16. The third-order valence-electron chi connectivity index (χ3n) is 11.9. The standard InChI is InChI=1S/C29H50O4/c1-7-28(32,18(2)3)15-10-19(4)22-8-9-23-21-16-25(31)29(33)17-20(30)11-14-27(29,6)24(21)12-13-26(22,23)5/h7,18-25,30-33H,1,8-17H2,2-6H3/t19-,20+,21?,22?,23?,24?,25-,26-,27-,28?,29+/m1/s1. The van der Waals surface area contributed by atoms with E-state index in [4.69, 9.17) is 0 Å². The van der Waals surface area contributed by atoms with Crippen LogP contribution in [0.2, 0.25) is 0 Å². The van der Waals surface area contributed by atoms with Crippen molar-refractivity contribution in [3.8, 4) is 0 Å². The number of rotatable bonds is 6. The maximum Gasteiger partial charge on any atom is 0.0985 e. The topological polar surface area (TPSA) is 80.9 Å². The van der Waals surface area contributed by atoms with E-state index in [-0.39, 0.29) is 16.7 Å². The molecule has 5 unspecified atom stereocenters. The molecule has 0 aromatic heterocycles. The minimum Gasteiger partial charge on any atom is -0.393 e. The molecule has 11 atom stereocenters. The SMILES string of the molecule is C=CC(O)(CC[C@@H](C)C1CCC2C3C[C@@H](O)[C@@]4(O)C[C@@H](O)CC[C@]4(C)C3CC[C@@]21C)C(C)C. The van der Waals surface area contributed by atoms with E-state index >= 15 is 0 Å². The number of fused-ring (bicyclic) bond motifs is 5. The third-order valence-corrected chi connectivity index (χ3v) is 11.9. The number of aliphatic hydroxyl groups excluding tert-OH is 2. The highest BCUT2D eigenvalue weighted by Gasteiger charge is 2.67. The van der Waals surface area contributed by atoms with Crippen LogP contribution in [0.5, 0.6) is 0 Å². The predicted molar refractivity (Wildman–Crippen MR) is 132 cm³/mol. The zero-order valence-electron chi connectivity index (χ0n) is 21.8. The van der Waals surface area contributed by atoms with Gasteiger partial charge in [0.2, 0.25) is 0 Å². The Kier molecular flexibility index (Phi) is 6.69. The van der Waals surface area contributed by atoms with Crippen LogP contribution in [0.15, 0.2) is 12.7 Å². The molecule has 190 valence electrons. The second-order valence-corrected chi connectivity index (χ2v) is 13.5. The van der Waals surface area contributed by atoms with Crippen molar-refractivity contribution >= 4 is 0 Å². The average molecular weight is 463 g/mol. The van der Waals surface area contributed by atoms with Crippen molar-refractivity contribution in [3.05, 3.63) is 12.7 Å². The summed E-state index contributed by atoms with van der Waals surface area (Å²) in [7, 11) is 0. The smallest absolute Gasteiger partial charge is 0.0985 e. The van der Waals surface area contributed by atoms with Crippen molar-refractivity contribution < 1.29 is 20.4 Å². The molecule has 0 aromatic carbocycles. The van der Waals surface area contributed by atoms with E-state index in [2.05, 4.69) is 41.2 Å². The Bertz CT molecular complexity index is 737. The van der Waals surface area contributed by atoms with Gasteiger partial charge in [0, 0.05) is 11.8 Å². The Morgan fingerprint density at radius 1 is 1.03 bits per heavy atom. The summed E-state index contributed by atoms with van der Waals surface area (Å²) in [5.41, 5.74) is -1.98. The minimum absolute atomic E-state index is 0.168. The molecule has 4 nitrogen and oxygen atoms in total. The van der Waals surface area contributed by atoms with Crippen molar-refractivity contribution in [2.75, 3.05) is 0 Å². The lowest BCUT2D eigenvalue weighted by molar-refractivity contribution is -0.264. The fourth-order valence-corrected chi connectivity index (χ4v) is 9.52. The van der Waals surface area contributed by atoms with E-state index in [1.807, 2.05) is 0 Å². The van der Waals surface area contributed by atoms with E-state index in [9.17, 15) is 20.4 Å². The number of aliphatic hydroxyl groups is 4. The van der Waals surface area contributed by atoms with E-state index in [0.717, 1.165) is 32.1 Å². The van der Waals surface area contributed by atoms with Crippen molar-refractivity contribution in [1.82, 2.24) is 0 Å². The van der Waals surface area contributed by atoms with Crippen LogP contribution < -0.4 is 0 Å². The largest absolute Gasteiger partial charge is 0.393 e. The van der Waals surface area contributed by atoms with Crippen LogP contribution in [0.25, 0.3) is 0 Å². The molecule has 0 bridgehead atoms. The Morgan fingerprint density at radius 2 is 1.73 bits per heavy atom. The molecular formula is C29H50O4. The summed E-state index contributed by atoms with van der Waals surface area (Å²) in [6.07, 6.45) is 9.56. The summed E-state index contributed by atoms with van der Waals surface area (Å²) in [6, 6.07) is 0. The zero-order chi connectivity index (χ0) is 24.4. The molecule has 4 aliphatic carbocycles. The summed E-state index contributed by atoms with van der Waals surface area (Å²) >= 11 is 0. The van der Waals surface area contributed by atoms with Gasteiger partial charge in [0.25, 0.3) is 0 Å². The number of hydrogen-bond acceptors (Lipinski definition) is 4. The molecule has 0 amide bonds. The van der Waals surface area contributed by atoms with Gasteiger partial charge in [-0.2, -0.15) is 0 Å². The van der Waals surface area contributed by atoms with E-state index < -0.39 is 23.4 Å². The van der Waals surface area contributed by atoms with Gasteiger partial charge in [-0.15, -0.1) is 6.58 Å². The molecule has 4 rings (SSSR count). The summed E-state index contributed by atoms with van der Waals surface area (Å²) in [6.45, 7) is 15.1. The molecule has 4 N–H and O–H groups in total. The van der Waals surface area contributed by atoms with Gasteiger partial charge in [0.15, 0.2) is 0 Å². The summed E-state index contributed by atoms with van der Waals surface area (Å²) in [4.78, 5) is 0. The summed E-state index contributed by atoms with van der Waals surface area (Å²) in [5, 5.41) is 44.1. The van der Waals surface area contributed by atoms with Crippen LogP contribution in [0.4, 0.5) is 0 Å². The fraction of sp³-hybridized carbons (Fsp3) is 0.931. The first kappa shape index (κ1) is 25.7. The summed E-state index contributed by atoms with van der Waals surface area (Å²) in [5.74, 6) is 2.84. The first-order valence-electron chi connectivity index (χ1n) is 13.8. The second-order valence-electron chi connectivity index (χ2n) is 13.5. The Labute approximate surface area is 201 Å².